The summed E-state index contributed by atoms with van der Waals surface area (Å²) in [7, 11) is 1.55. The fraction of sp³-hybridized carbons (Fsp3) is 0.115. The highest BCUT2D eigenvalue weighted by atomic mass is 16.5. The van der Waals surface area contributed by atoms with Crippen LogP contribution in [0.4, 0.5) is 5.82 Å². The van der Waals surface area contributed by atoms with Crippen LogP contribution in [-0.4, -0.2) is 22.8 Å². The Bertz CT molecular complexity index is 1340. The molecule has 32 heavy (non-hydrogen) atoms. The predicted octanol–water partition coefficient (Wildman–Crippen LogP) is 4.78. The van der Waals surface area contributed by atoms with Crippen LogP contribution >= 0.6 is 0 Å². The molecule has 0 saturated carbocycles. The van der Waals surface area contributed by atoms with Crippen LogP contribution in [0, 0.1) is 13.8 Å². The second-order valence-corrected chi connectivity index (χ2v) is 7.35. The van der Waals surface area contributed by atoms with Gasteiger partial charge in [0.1, 0.15) is 17.3 Å². The Kier molecular flexibility index (Phi) is 5.85. The largest absolute Gasteiger partial charge is 0.496 e. The van der Waals surface area contributed by atoms with E-state index in [1.807, 2.05) is 61.5 Å². The normalized spacial score (nSPS) is 10.6. The van der Waals surface area contributed by atoms with Crippen LogP contribution in [0.15, 0.2) is 83.7 Å². The van der Waals surface area contributed by atoms with Crippen molar-refractivity contribution in [1.29, 1.82) is 0 Å². The van der Waals surface area contributed by atoms with E-state index in [1.54, 1.807) is 43.0 Å². The first kappa shape index (κ1) is 21.1. The minimum absolute atomic E-state index is 0.276. The van der Waals surface area contributed by atoms with E-state index in [1.165, 1.54) is 0 Å². The minimum Gasteiger partial charge on any atom is -0.496 e. The molecular weight excluding hydrogens is 402 g/mol. The van der Waals surface area contributed by atoms with E-state index >= 15 is 0 Å². The number of amides is 1. The number of hydrogen-bond acceptors (Lipinski definition) is 4. The van der Waals surface area contributed by atoms with Gasteiger partial charge in [-0.1, -0.05) is 54.6 Å². The van der Waals surface area contributed by atoms with Crippen molar-refractivity contribution in [2.24, 2.45) is 0 Å². The average molecular weight is 425 g/mol. The molecule has 4 rings (SSSR count). The van der Waals surface area contributed by atoms with E-state index in [0.717, 1.165) is 5.56 Å². The number of anilines is 1. The summed E-state index contributed by atoms with van der Waals surface area (Å²) in [6.45, 7) is 3.53. The SMILES string of the molecule is COc1ccccc1-c1c(NC(=O)c2ccccc2C)n(-c2ccccc2)nc(C)c1=O. The zero-order valence-corrected chi connectivity index (χ0v) is 18.1. The van der Waals surface area contributed by atoms with Crippen molar-refractivity contribution in [2.75, 3.05) is 12.4 Å². The van der Waals surface area contributed by atoms with Crippen molar-refractivity contribution in [3.8, 4) is 22.6 Å². The van der Waals surface area contributed by atoms with Crippen molar-refractivity contribution in [3.63, 3.8) is 0 Å². The fourth-order valence-corrected chi connectivity index (χ4v) is 3.61. The number of nitrogens with one attached hydrogen (secondary N) is 1. The first-order chi connectivity index (χ1) is 15.5. The van der Waals surface area contributed by atoms with Crippen molar-refractivity contribution < 1.29 is 9.53 Å². The van der Waals surface area contributed by atoms with Crippen LogP contribution in [0.25, 0.3) is 16.8 Å². The molecule has 0 fully saturated rings. The molecule has 0 aliphatic rings. The van der Waals surface area contributed by atoms with Crippen molar-refractivity contribution in [2.45, 2.75) is 13.8 Å². The van der Waals surface area contributed by atoms with Gasteiger partial charge in [0, 0.05) is 11.1 Å². The smallest absolute Gasteiger partial charge is 0.257 e. The van der Waals surface area contributed by atoms with Gasteiger partial charge >= 0.3 is 0 Å². The zero-order chi connectivity index (χ0) is 22.7. The van der Waals surface area contributed by atoms with Crippen LogP contribution in [0.2, 0.25) is 0 Å². The molecule has 0 radical (unpaired) electrons. The van der Waals surface area contributed by atoms with Gasteiger partial charge in [-0.3, -0.25) is 9.59 Å². The molecule has 3 aromatic carbocycles. The fourth-order valence-electron chi connectivity index (χ4n) is 3.61. The highest BCUT2D eigenvalue weighted by Crippen LogP contribution is 2.33. The Hall–Kier alpha value is -4.19. The van der Waals surface area contributed by atoms with Crippen LogP contribution in [-0.2, 0) is 0 Å². The number of carbonyl (C=O) groups excluding carboxylic acids is 1. The maximum atomic E-state index is 13.3. The van der Waals surface area contributed by atoms with E-state index < -0.39 is 0 Å². The second kappa shape index (κ2) is 8.89. The lowest BCUT2D eigenvalue weighted by Gasteiger charge is -2.19. The first-order valence-corrected chi connectivity index (χ1v) is 10.2. The maximum absolute atomic E-state index is 13.3. The summed E-state index contributed by atoms with van der Waals surface area (Å²) in [4.78, 5) is 26.6. The van der Waals surface area contributed by atoms with Gasteiger partial charge in [0.25, 0.3) is 5.91 Å². The molecule has 4 aromatic rings. The summed E-state index contributed by atoms with van der Waals surface area (Å²) in [6.07, 6.45) is 0. The lowest BCUT2D eigenvalue weighted by Crippen LogP contribution is -2.25. The Labute approximate surface area is 186 Å². The molecule has 0 saturated heterocycles. The van der Waals surface area contributed by atoms with E-state index in [9.17, 15) is 9.59 Å². The highest BCUT2D eigenvalue weighted by molar-refractivity contribution is 6.06. The zero-order valence-electron chi connectivity index (χ0n) is 18.1. The number of para-hydroxylation sites is 2. The molecule has 1 heterocycles. The Balaban J connectivity index is 2.01. The molecule has 0 aliphatic carbocycles. The summed E-state index contributed by atoms with van der Waals surface area (Å²) in [5.74, 6) is 0.486. The number of benzene rings is 3. The third kappa shape index (κ3) is 3.90. The number of rotatable bonds is 5. The number of hydrogen-bond donors (Lipinski definition) is 1. The number of nitrogens with zero attached hydrogens (tertiary/aromatic N) is 2. The van der Waals surface area contributed by atoms with Crippen molar-refractivity contribution in [3.05, 3.63) is 106 Å². The van der Waals surface area contributed by atoms with E-state index in [0.29, 0.717) is 33.8 Å². The van der Waals surface area contributed by atoms with Crippen LogP contribution in [0.1, 0.15) is 21.6 Å². The molecular formula is C26H23N3O3. The third-order valence-corrected chi connectivity index (χ3v) is 5.25. The quantitative estimate of drug-likeness (QED) is 0.500. The van der Waals surface area contributed by atoms with Gasteiger partial charge in [0.15, 0.2) is 0 Å². The molecule has 0 spiro atoms. The number of ether oxygens (including phenoxy) is 1. The Morgan fingerprint density at radius 2 is 1.56 bits per heavy atom. The molecule has 160 valence electrons. The highest BCUT2D eigenvalue weighted by Gasteiger charge is 2.23. The molecule has 6 nitrogen and oxygen atoms in total. The average Bonchev–Trinajstić information content (AvgIpc) is 2.82. The first-order valence-electron chi connectivity index (χ1n) is 10.2. The van der Waals surface area contributed by atoms with Gasteiger partial charge in [-0.25, -0.2) is 4.68 Å². The van der Waals surface area contributed by atoms with Gasteiger partial charge in [-0.2, -0.15) is 5.10 Å². The molecule has 1 amide bonds. The lowest BCUT2D eigenvalue weighted by molar-refractivity contribution is 0.102. The van der Waals surface area contributed by atoms with Gasteiger partial charge in [-0.05, 0) is 43.7 Å². The summed E-state index contributed by atoms with van der Waals surface area (Å²) in [5, 5.41) is 7.46. The lowest BCUT2D eigenvalue weighted by atomic mass is 10.0. The van der Waals surface area contributed by atoms with Gasteiger partial charge in [-0.15, -0.1) is 0 Å². The molecule has 0 bridgehead atoms. The Morgan fingerprint density at radius 1 is 0.906 bits per heavy atom. The van der Waals surface area contributed by atoms with Gasteiger partial charge < -0.3 is 10.1 Å². The number of methoxy groups -OCH3 is 1. The standard InChI is InChI=1S/C26H23N3O3/c1-17-11-7-8-14-20(17)26(31)27-25-23(21-15-9-10-16-22(21)32-3)24(30)18(2)28-29(25)19-12-5-4-6-13-19/h4-16H,1-3H3,(H,27,31). The monoisotopic (exact) mass is 425 g/mol. The predicted molar refractivity (Wildman–Crippen MR) is 126 cm³/mol. The summed E-state index contributed by atoms with van der Waals surface area (Å²) >= 11 is 0. The van der Waals surface area contributed by atoms with E-state index in [2.05, 4.69) is 10.4 Å². The molecule has 1 N–H and O–H groups in total. The molecule has 0 atom stereocenters. The van der Waals surface area contributed by atoms with Crippen LogP contribution < -0.4 is 15.5 Å². The van der Waals surface area contributed by atoms with E-state index in [-0.39, 0.29) is 17.2 Å². The summed E-state index contributed by atoms with van der Waals surface area (Å²) in [6, 6.07) is 23.9. The van der Waals surface area contributed by atoms with Crippen LogP contribution in [0.5, 0.6) is 5.75 Å². The minimum atomic E-state index is -0.325. The van der Waals surface area contributed by atoms with Crippen molar-refractivity contribution in [1.82, 2.24) is 9.78 Å². The topological polar surface area (TPSA) is 73.2 Å². The molecule has 1 aromatic heterocycles. The number of carbonyl (C=O) groups is 1. The number of aromatic nitrogens is 2. The summed E-state index contributed by atoms with van der Waals surface area (Å²) in [5.41, 5.74) is 3.00. The molecule has 0 unspecified atom stereocenters. The van der Waals surface area contributed by atoms with Crippen LogP contribution in [0.3, 0.4) is 0 Å². The molecule has 6 heteroatoms. The van der Waals surface area contributed by atoms with E-state index in [4.69, 9.17) is 4.74 Å². The van der Waals surface area contributed by atoms with Crippen molar-refractivity contribution >= 4 is 11.7 Å². The molecule has 0 aliphatic heterocycles. The van der Waals surface area contributed by atoms with Gasteiger partial charge in [0.2, 0.25) is 5.43 Å². The second-order valence-electron chi connectivity index (χ2n) is 7.35. The third-order valence-electron chi connectivity index (χ3n) is 5.25. The summed E-state index contributed by atoms with van der Waals surface area (Å²) < 4.78 is 7.11. The maximum Gasteiger partial charge on any atom is 0.257 e. The number of aryl methyl sites for hydroxylation is 2. The Morgan fingerprint density at radius 3 is 2.28 bits per heavy atom. The van der Waals surface area contributed by atoms with Gasteiger partial charge in [0.05, 0.1) is 18.4 Å².